The van der Waals surface area contributed by atoms with Gasteiger partial charge in [0.15, 0.2) is 0 Å². The third-order valence-corrected chi connectivity index (χ3v) is 1.83. The fourth-order valence-electron chi connectivity index (χ4n) is 0.952. The summed E-state index contributed by atoms with van der Waals surface area (Å²) >= 11 is 0. The van der Waals surface area contributed by atoms with Crippen LogP contribution < -0.4 is 0 Å². The molecular formula is C9H16O2. The molecule has 2 heteroatoms. The van der Waals surface area contributed by atoms with E-state index in [1.165, 1.54) is 0 Å². The summed E-state index contributed by atoms with van der Waals surface area (Å²) in [6.07, 6.45) is 2.43. The molecule has 11 heavy (non-hydrogen) atoms. The van der Waals surface area contributed by atoms with Gasteiger partial charge in [0.1, 0.15) is 0 Å². The Morgan fingerprint density at radius 2 is 2.00 bits per heavy atom. The first-order chi connectivity index (χ1) is 4.92. The van der Waals surface area contributed by atoms with Gasteiger partial charge < -0.3 is 5.11 Å². The highest BCUT2D eigenvalue weighted by molar-refractivity contribution is 5.76. The summed E-state index contributed by atoms with van der Waals surface area (Å²) in [6.45, 7) is 7.45. The molecule has 0 aromatic rings. The van der Waals surface area contributed by atoms with Crippen LogP contribution in [0.4, 0.5) is 0 Å². The molecule has 0 aromatic carbocycles. The van der Waals surface area contributed by atoms with Crippen LogP contribution in [-0.2, 0) is 4.79 Å². The lowest BCUT2D eigenvalue weighted by Crippen LogP contribution is -2.24. The third kappa shape index (κ3) is 2.74. The van der Waals surface area contributed by atoms with Gasteiger partial charge in [0.25, 0.3) is 0 Å². The topological polar surface area (TPSA) is 37.3 Å². The highest BCUT2D eigenvalue weighted by atomic mass is 16.4. The molecule has 0 aromatic heterocycles. The molecular weight excluding hydrogens is 140 g/mol. The molecule has 64 valence electrons. The smallest absolute Gasteiger partial charge is 0.313 e. The average molecular weight is 156 g/mol. The fraction of sp³-hybridized carbons (Fsp3) is 0.667. The van der Waals surface area contributed by atoms with E-state index in [9.17, 15) is 4.79 Å². The number of carbonyl (C=O) groups is 1. The molecule has 0 bridgehead atoms. The van der Waals surface area contributed by atoms with Gasteiger partial charge in [0.05, 0.1) is 5.41 Å². The fourth-order valence-corrected chi connectivity index (χ4v) is 0.952. The molecule has 0 radical (unpaired) electrons. The summed E-state index contributed by atoms with van der Waals surface area (Å²) in [4.78, 5) is 10.7. The molecule has 0 saturated carbocycles. The summed E-state index contributed by atoms with van der Waals surface area (Å²) in [5, 5.41) is 8.84. The number of aliphatic carboxylic acids is 1. The Labute approximate surface area is 67.9 Å². The summed E-state index contributed by atoms with van der Waals surface area (Å²) < 4.78 is 0. The van der Waals surface area contributed by atoms with Crippen LogP contribution in [0.2, 0.25) is 0 Å². The first-order valence-corrected chi connectivity index (χ1v) is 3.82. The molecule has 0 aliphatic carbocycles. The van der Waals surface area contributed by atoms with Crippen LogP contribution in [0.15, 0.2) is 11.6 Å². The molecule has 0 saturated heterocycles. The standard InChI is InChI=1S/C9H16O2/c1-5-9(4,8(10)11)6-7(2)3/h6H,5H2,1-4H3,(H,10,11). The van der Waals surface area contributed by atoms with Crippen molar-refractivity contribution >= 4 is 5.97 Å². The Bertz CT molecular complexity index is 178. The van der Waals surface area contributed by atoms with Gasteiger partial charge in [-0.25, -0.2) is 0 Å². The van der Waals surface area contributed by atoms with Crippen LogP contribution in [0.1, 0.15) is 34.1 Å². The molecule has 0 amide bonds. The monoisotopic (exact) mass is 156 g/mol. The Kier molecular flexibility index (Phi) is 3.30. The van der Waals surface area contributed by atoms with Gasteiger partial charge in [-0.2, -0.15) is 0 Å². The second kappa shape index (κ2) is 3.56. The molecule has 1 atom stereocenters. The Morgan fingerprint density at radius 3 is 2.09 bits per heavy atom. The maximum Gasteiger partial charge on any atom is 0.313 e. The van der Waals surface area contributed by atoms with Gasteiger partial charge in [0.2, 0.25) is 0 Å². The van der Waals surface area contributed by atoms with Crippen LogP contribution in [0.5, 0.6) is 0 Å². The van der Waals surface area contributed by atoms with Crippen molar-refractivity contribution in [2.24, 2.45) is 5.41 Å². The van der Waals surface area contributed by atoms with Crippen molar-refractivity contribution in [2.45, 2.75) is 34.1 Å². The largest absolute Gasteiger partial charge is 0.481 e. The first kappa shape index (κ1) is 10.2. The van der Waals surface area contributed by atoms with Crippen LogP contribution >= 0.6 is 0 Å². The predicted molar refractivity (Wildman–Crippen MR) is 45.5 cm³/mol. The van der Waals surface area contributed by atoms with Crippen LogP contribution in [0.25, 0.3) is 0 Å². The number of allylic oxidation sites excluding steroid dienone is 1. The third-order valence-electron chi connectivity index (χ3n) is 1.83. The van der Waals surface area contributed by atoms with Gasteiger partial charge in [-0.1, -0.05) is 18.6 Å². The lowest BCUT2D eigenvalue weighted by atomic mass is 9.86. The Hall–Kier alpha value is -0.790. The summed E-state index contributed by atoms with van der Waals surface area (Å²) in [6, 6.07) is 0. The number of carboxylic acids is 1. The molecule has 2 nitrogen and oxygen atoms in total. The van der Waals surface area contributed by atoms with Crippen molar-refractivity contribution in [3.63, 3.8) is 0 Å². The van der Waals surface area contributed by atoms with E-state index in [0.29, 0.717) is 6.42 Å². The predicted octanol–water partition coefficient (Wildman–Crippen LogP) is 2.45. The average Bonchev–Trinajstić information content (AvgIpc) is 1.86. The van der Waals surface area contributed by atoms with Crippen LogP contribution in [-0.4, -0.2) is 11.1 Å². The summed E-state index contributed by atoms with van der Waals surface area (Å²) in [5.74, 6) is -0.749. The van der Waals surface area contributed by atoms with Gasteiger partial charge in [-0.15, -0.1) is 0 Å². The van der Waals surface area contributed by atoms with Gasteiger partial charge in [0, 0.05) is 0 Å². The zero-order valence-electron chi connectivity index (χ0n) is 7.64. The molecule has 0 spiro atoms. The minimum absolute atomic E-state index is 0.632. The normalized spacial score (nSPS) is 15.3. The zero-order valence-corrected chi connectivity index (χ0v) is 7.64. The Morgan fingerprint density at radius 1 is 1.55 bits per heavy atom. The van der Waals surface area contributed by atoms with Crippen LogP contribution in [0.3, 0.4) is 0 Å². The lowest BCUT2D eigenvalue weighted by Gasteiger charge is -2.18. The maximum absolute atomic E-state index is 10.7. The highest BCUT2D eigenvalue weighted by Crippen LogP contribution is 2.24. The zero-order chi connectivity index (χ0) is 9.07. The van der Waals surface area contributed by atoms with Crippen molar-refractivity contribution in [3.05, 3.63) is 11.6 Å². The molecule has 1 N–H and O–H groups in total. The number of carboxylic acid groups (broad SMARTS) is 1. The van der Waals surface area contributed by atoms with Crippen molar-refractivity contribution in [1.29, 1.82) is 0 Å². The van der Waals surface area contributed by atoms with Crippen LogP contribution in [0, 0.1) is 5.41 Å². The first-order valence-electron chi connectivity index (χ1n) is 3.82. The number of hydrogen-bond donors (Lipinski definition) is 1. The van der Waals surface area contributed by atoms with E-state index < -0.39 is 11.4 Å². The summed E-state index contributed by atoms with van der Waals surface area (Å²) in [7, 11) is 0. The SMILES string of the molecule is CCC(C)(C=C(C)C)C(=O)O. The van der Waals surface area contributed by atoms with Crippen molar-refractivity contribution in [3.8, 4) is 0 Å². The lowest BCUT2D eigenvalue weighted by molar-refractivity contribution is -0.145. The molecule has 0 aliphatic heterocycles. The molecule has 0 fully saturated rings. The minimum atomic E-state index is -0.749. The molecule has 0 aliphatic rings. The number of rotatable bonds is 3. The quantitative estimate of drug-likeness (QED) is 0.637. The molecule has 0 heterocycles. The Balaban J connectivity index is 4.62. The van der Waals surface area contributed by atoms with E-state index in [-0.39, 0.29) is 0 Å². The van der Waals surface area contributed by atoms with E-state index in [2.05, 4.69) is 0 Å². The maximum atomic E-state index is 10.7. The van der Waals surface area contributed by atoms with E-state index in [0.717, 1.165) is 5.57 Å². The van der Waals surface area contributed by atoms with Gasteiger partial charge >= 0.3 is 5.97 Å². The molecule has 1 unspecified atom stereocenters. The van der Waals surface area contributed by atoms with E-state index >= 15 is 0 Å². The minimum Gasteiger partial charge on any atom is -0.481 e. The van der Waals surface area contributed by atoms with E-state index in [1.54, 1.807) is 13.0 Å². The van der Waals surface area contributed by atoms with Crippen molar-refractivity contribution in [2.75, 3.05) is 0 Å². The van der Waals surface area contributed by atoms with Crippen molar-refractivity contribution in [1.82, 2.24) is 0 Å². The van der Waals surface area contributed by atoms with E-state index in [4.69, 9.17) is 5.11 Å². The second-order valence-corrected chi connectivity index (χ2v) is 3.30. The second-order valence-electron chi connectivity index (χ2n) is 3.30. The summed E-state index contributed by atoms with van der Waals surface area (Å²) in [5.41, 5.74) is 0.371. The van der Waals surface area contributed by atoms with Gasteiger partial charge in [-0.3, -0.25) is 4.79 Å². The van der Waals surface area contributed by atoms with E-state index in [1.807, 2.05) is 20.8 Å². The van der Waals surface area contributed by atoms with Crippen molar-refractivity contribution < 1.29 is 9.90 Å². The highest BCUT2D eigenvalue weighted by Gasteiger charge is 2.27. The van der Waals surface area contributed by atoms with Gasteiger partial charge in [-0.05, 0) is 27.2 Å². The number of hydrogen-bond acceptors (Lipinski definition) is 1. The molecule has 0 rings (SSSR count).